The molecule has 2 saturated heterocycles. The van der Waals surface area contributed by atoms with Crippen LogP contribution in [-0.4, -0.2) is 41.5 Å². The van der Waals surface area contributed by atoms with E-state index in [1.807, 2.05) is 17.0 Å². The van der Waals surface area contributed by atoms with Gasteiger partial charge in [-0.3, -0.25) is 4.79 Å². The molecule has 1 amide bonds. The zero-order valence-corrected chi connectivity index (χ0v) is 11.5. The fraction of sp³-hybridized carbons (Fsp3) is 0.600. The van der Waals surface area contributed by atoms with Crippen LogP contribution >= 0.6 is 0 Å². The highest BCUT2D eigenvalue weighted by atomic mass is 16.2. The highest BCUT2D eigenvalue weighted by Gasteiger charge is 2.26. The minimum Gasteiger partial charge on any atom is -0.357 e. The van der Waals surface area contributed by atoms with Crippen molar-refractivity contribution in [1.82, 2.24) is 9.88 Å². The van der Waals surface area contributed by atoms with Gasteiger partial charge >= 0.3 is 0 Å². The molecule has 2 fully saturated rings. The first kappa shape index (κ1) is 12.5. The van der Waals surface area contributed by atoms with E-state index >= 15 is 0 Å². The van der Waals surface area contributed by atoms with Gasteiger partial charge in [0, 0.05) is 31.9 Å². The molecular formula is C15H21N3O. The van der Waals surface area contributed by atoms with Gasteiger partial charge in [0.05, 0.1) is 5.56 Å². The summed E-state index contributed by atoms with van der Waals surface area (Å²) in [4.78, 5) is 21.1. The molecule has 0 aliphatic carbocycles. The Hall–Kier alpha value is -1.58. The number of hydrogen-bond donors (Lipinski definition) is 0. The minimum atomic E-state index is 0.130. The molecule has 0 aromatic carbocycles. The van der Waals surface area contributed by atoms with Gasteiger partial charge in [-0.15, -0.1) is 0 Å². The Morgan fingerprint density at radius 3 is 2.58 bits per heavy atom. The van der Waals surface area contributed by atoms with Crippen molar-refractivity contribution in [2.75, 3.05) is 24.5 Å². The number of aromatic nitrogens is 1. The topological polar surface area (TPSA) is 36.4 Å². The summed E-state index contributed by atoms with van der Waals surface area (Å²) < 4.78 is 0. The van der Waals surface area contributed by atoms with E-state index in [1.165, 1.54) is 12.8 Å². The third-order valence-corrected chi connectivity index (χ3v) is 4.24. The van der Waals surface area contributed by atoms with Crippen LogP contribution in [0.3, 0.4) is 0 Å². The lowest BCUT2D eigenvalue weighted by Gasteiger charge is -2.22. The molecule has 1 unspecified atom stereocenters. The standard InChI is InChI=1S/C15H21N3O/c1-12-5-4-10-18(12)15(19)13-6-7-14(16-11-13)17-8-2-3-9-17/h6-7,11-12H,2-5,8-10H2,1H3. The number of carbonyl (C=O) groups excluding carboxylic acids is 1. The molecule has 1 atom stereocenters. The molecule has 2 aliphatic rings. The van der Waals surface area contributed by atoms with E-state index in [4.69, 9.17) is 0 Å². The van der Waals surface area contributed by atoms with Gasteiger partial charge in [-0.25, -0.2) is 4.98 Å². The lowest BCUT2D eigenvalue weighted by molar-refractivity contribution is 0.0747. The smallest absolute Gasteiger partial charge is 0.255 e. The molecule has 0 saturated carbocycles. The summed E-state index contributed by atoms with van der Waals surface area (Å²) in [6.45, 7) is 5.18. The van der Waals surface area contributed by atoms with Crippen LogP contribution in [0.4, 0.5) is 5.82 Å². The van der Waals surface area contributed by atoms with Gasteiger partial charge in [0.25, 0.3) is 5.91 Å². The van der Waals surface area contributed by atoms with Crippen LogP contribution in [0.5, 0.6) is 0 Å². The van der Waals surface area contributed by atoms with E-state index in [9.17, 15) is 4.79 Å². The summed E-state index contributed by atoms with van der Waals surface area (Å²) in [6.07, 6.45) is 6.46. The third-order valence-electron chi connectivity index (χ3n) is 4.24. The fourth-order valence-electron chi connectivity index (χ4n) is 3.05. The molecule has 0 N–H and O–H groups in total. The SMILES string of the molecule is CC1CCCN1C(=O)c1ccc(N2CCCC2)nc1. The average Bonchev–Trinajstić information content (AvgIpc) is 3.09. The van der Waals surface area contributed by atoms with E-state index < -0.39 is 0 Å². The number of amides is 1. The van der Waals surface area contributed by atoms with Crippen molar-refractivity contribution in [3.63, 3.8) is 0 Å². The summed E-state index contributed by atoms with van der Waals surface area (Å²) in [6, 6.07) is 4.28. The Labute approximate surface area is 114 Å². The normalized spacial score (nSPS) is 23.1. The number of carbonyl (C=O) groups is 1. The van der Waals surface area contributed by atoms with Crippen LogP contribution in [0.15, 0.2) is 18.3 Å². The monoisotopic (exact) mass is 259 g/mol. The molecule has 4 nitrogen and oxygen atoms in total. The van der Waals surface area contributed by atoms with Gasteiger partial charge in [-0.05, 0) is 44.7 Å². The van der Waals surface area contributed by atoms with Crippen LogP contribution in [0, 0.1) is 0 Å². The number of hydrogen-bond acceptors (Lipinski definition) is 3. The molecule has 4 heteroatoms. The maximum absolute atomic E-state index is 12.4. The molecular weight excluding hydrogens is 238 g/mol. The number of pyridine rings is 1. The van der Waals surface area contributed by atoms with E-state index in [0.29, 0.717) is 6.04 Å². The number of rotatable bonds is 2. The minimum absolute atomic E-state index is 0.130. The molecule has 2 aliphatic heterocycles. The Balaban J connectivity index is 1.73. The van der Waals surface area contributed by atoms with Crippen LogP contribution in [0.1, 0.15) is 43.0 Å². The molecule has 1 aromatic rings. The Morgan fingerprint density at radius 2 is 2.00 bits per heavy atom. The lowest BCUT2D eigenvalue weighted by Crippen LogP contribution is -2.33. The average molecular weight is 259 g/mol. The zero-order chi connectivity index (χ0) is 13.2. The molecule has 0 spiro atoms. The second-order valence-corrected chi connectivity index (χ2v) is 5.59. The second-order valence-electron chi connectivity index (χ2n) is 5.59. The molecule has 19 heavy (non-hydrogen) atoms. The van der Waals surface area contributed by atoms with Crippen LogP contribution in [-0.2, 0) is 0 Å². The predicted octanol–water partition coefficient (Wildman–Crippen LogP) is 2.31. The van der Waals surface area contributed by atoms with Gasteiger partial charge in [0.1, 0.15) is 5.82 Å². The summed E-state index contributed by atoms with van der Waals surface area (Å²) in [7, 11) is 0. The van der Waals surface area contributed by atoms with Crippen molar-refractivity contribution >= 4 is 11.7 Å². The van der Waals surface area contributed by atoms with Crippen LogP contribution in [0.2, 0.25) is 0 Å². The van der Waals surface area contributed by atoms with Gasteiger partial charge in [0.2, 0.25) is 0 Å². The maximum atomic E-state index is 12.4. The quantitative estimate of drug-likeness (QED) is 0.817. The van der Waals surface area contributed by atoms with Crippen LogP contribution in [0.25, 0.3) is 0 Å². The van der Waals surface area contributed by atoms with Gasteiger partial charge in [-0.2, -0.15) is 0 Å². The molecule has 0 radical (unpaired) electrons. The number of nitrogens with zero attached hydrogens (tertiary/aromatic N) is 3. The van der Waals surface area contributed by atoms with Gasteiger partial charge in [-0.1, -0.05) is 0 Å². The fourth-order valence-corrected chi connectivity index (χ4v) is 3.05. The zero-order valence-electron chi connectivity index (χ0n) is 11.5. The lowest BCUT2D eigenvalue weighted by atomic mass is 10.2. The number of anilines is 1. The highest BCUT2D eigenvalue weighted by Crippen LogP contribution is 2.21. The van der Waals surface area contributed by atoms with E-state index in [-0.39, 0.29) is 5.91 Å². The molecule has 1 aromatic heterocycles. The summed E-state index contributed by atoms with van der Waals surface area (Å²) in [5.41, 5.74) is 0.719. The second kappa shape index (κ2) is 5.19. The molecule has 3 heterocycles. The summed E-state index contributed by atoms with van der Waals surface area (Å²) in [5, 5.41) is 0. The van der Waals surface area contributed by atoms with Crippen molar-refractivity contribution in [3.8, 4) is 0 Å². The maximum Gasteiger partial charge on any atom is 0.255 e. The van der Waals surface area contributed by atoms with Crippen molar-refractivity contribution < 1.29 is 4.79 Å². The number of likely N-dealkylation sites (tertiary alicyclic amines) is 1. The first-order chi connectivity index (χ1) is 9.25. The van der Waals surface area contributed by atoms with E-state index in [2.05, 4.69) is 16.8 Å². The Morgan fingerprint density at radius 1 is 1.21 bits per heavy atom. The molecule has 102 valence electrons. The Kier molecular flexibility index (Phi) is 3.40. The third kappa shape index (κ3) is 2.44. The van der Waals surface area contributed by atoms with E-state index in [0.717, 1.165) is 43.9 Å². The first-order valence-corrected chi connectivity index (χ1v) is 7.27. The van der Waals surface area contributed by atoms with Gasteiger partial charge < -0.3 is 9.80 Å². The summed E-state index contributed by atoms with van der Waals surface area (Å²) in [5.74, 6) is 1.13. The van der Waals surface area contributed by atoms with Crippen LogP contribution < -0.4 is 4.90 Å². The van der Waals surface area contributed by atoms with E-state index in [1.54, 1.807) is 6.20 Å². The first-order valence-electron chi connectivity index (χ1n) is 7.27. The molecule has 0 bridgehead atoms. The Bertz CT molecular complexity index is 451. The van der Waals surface area contributed by atoms with Crippen molar-refractivity contribution in [2.45, 2.75) is 38.6 Å². The largest absolute Gasteiger partial charge is 0.357 e. The van der Waals surface area contributed by atoms with Crippen molar-refractivity contribution in [2.24, 2.45) is 0 Å². The van der Waals surface area contributed by atoms with Crippen molar-refractivity contribution in [1.29, 1.82) is 0 Å². The summed E-state index contributed by atoms with van der Waals surface area (Å²) >= 11 is 0. The predicted molar refractivity (Wildman–Crippen MR) is 75.4 cm³/mol. The molecule has 3 rings (SSSR count). The van der Waals surface area contributed by atoms with Crippen molar-refractivity contribution in [3.05, 3.63) is 23.9 Å². The highest BCUT2D eigenvalue weighted by molar-refractivity contribution is 5.94. The van der Waals surface area contributed by atoms with Gasteiger partial charge in [0.15, 0.2) is 0 Å².